The van der Waals surface area contributed by atoms with Gasteiger partial charge in [-0.05, 0) is 13.3 Å². The quantitative estimate of drug-likeness (QED) is 0.243. The topological polar surface area (TPSA) is 71.1 Å². The van der Waals surface area contributed by atoms with E-state index >= 15 is 0 Å². The molecule has 0 aromatic heterocycles. The van der Waals surface area contributed by atoms with E-state index in [1.165, 1.54) is 19.3 Å². The summed E-state index contributed by atoms with van der Waals surface area (Å²) >= 11 is 0. The van der Waals surface area contributed by atoms with Gasteiger partial charge in [-0.3, -0.25) is 4.79 Å². The van der Waals surface area contributed by atoms with Crippen molar-refractivity contribution in [3.8, 4) is 0 Å². The minimum Gasteiger partial charge on any atom is -0.463 e. The molecule has 0 spiro atoms. The summed E-state index contributed by atoms with van der Waals surface area (Å²) in [6, 6.07) is 0. The molecule has 0 fully saturated rings. The van der Waals surface area contributed by atoms with E-state index < -0.39 is 5.97 Å². The fourth-order valence-electron chi connectivity index (χ4n) is 1.80. The van der Waals surface area contributed by atoms with Crippen LogP contribution in [0, 0.1) is 0 Å². The highest BCUT2D eigenvalue weighted by atomic mass is 16.6. The lowest BCUT2D eigenvalue weighted by molar-refractivity contribution is -0.146. The predicted molar refractivity (Wildman–Crippen MR) is 91.7 cm³/mol. The van der Waals surface area contributed by atoms with Gasteiger partial charge in [-0.15, -0.1) is 0 Å². The Morgan fingerprint density at radius 2 is 1.33 bits per heavy atom. The highest BCUT2D eigenvalue weighted by Gasteiger charge is 2.03. The van der Waals surface area contributed by atoms with Crippen molar-refractivity contribution in [1.29, 1.82) is 0 Å². The number of unbranched alkanes of at least 4 members (excludes halogenated alkanes) is 4. The van der Waals surface area contributed by atoms with Gasteiger partial charge in [0.25, 0.3) is 0 Å². The molecule has 0 saturated heterocycles. The van der Waals surface area contributed by atoms with E-state index in [1.54, 1.807) is 6.92 Å². The highest BCUT2D eigenvalue weighted by Crippen LogP contribution is 2.05. The molecule has 0 amide bonds. The van der Waals surface area contributed by atoms with Gasteiger partial charge >= 0.3 is 11.9 Å². The van der Waals surface area contributed by atoms with Crippen molar-refractivity contribution >= 4 is 11.9 Å². The minimum atomic E-state index is -0.415. The average molecular weight is 344 g/mol. The van der Waals surface area contributed by atoms with Gasteiger partial charge in [-0.1, -0.05) is 39.2 Å². The molecule has 0 saturated carbocycles. The van der Waals surface area contributed by atoms with E-state index in [-0.39, 0.29) is 19.2 Å². The second kappa shape index (κ2) is 16.5. The molecule has 0 unspecified atom stereocenters. The molecule has 6 heteroatoms. The third-order valence-electron chi connectivity index (χ3n) is 3.16. The Bertz CT molecular complexity index is 353. The van der Waals surface area contributed by atoms with Crippen LogP contribution in [0.25, 0.3) is 0 Å². The molecule has 0 aromatic rings. The second-order valence-electron chi connectivity index (χ2n) is 5.53. The van der Waals surface area contributed by atoms with Crippen LogP contribution in [0.2, 0.25) is 0 Å². The van der Waals surface area contributed by atoms with Crippen LogP contribution in [0.3, 0.4) is 0 Å². The molecular formula is C18H32O6. The third-order valence-corrected chi connectivity index (χ3v) is 3.16. The van der Waals surface area contributed by atoms with Crippen LogP contribution in [-0.4, -0.2) is 51.6 Å². The fraction of sp³-hybridized carbons (Fsp3) is 0.778. The van der Waals surface area contributed by atoms with Gasteiger partial charge in [-0.25, -0.2) is 4.79 Å². The lowest BCUT2D eigenvalue weighted by Gasteiger charge is -2.07. The molecule has 0 bridgehead atoms. The number of hydrogen-bond donors (Lipinski definition) is 0. The van der Waals surface area contributed by atoms with Crippen molar-refractivity contribution in [1.82, 2.24) is 0 Å². The maximum absolute atomic E-state index is 11.4. The summed E-state index contributed by atoms with van der Waals surface area (Å²) in [7, 11) is 0. The Morgan fingerprint density at radius 3 is 1.92 bits per heavy atom. The lowest BCUT2D eigenvalue weighted by Crippen LogP contribution is -2.15. The second-order valence-corrected chi connectivity index (χ2v) is 5.53. The Morgan fingerprint density at radius 1 is 0.792 bits per heavy atom. The van der Waals surface area contributed by atoms with Gasteiger partial charge in [0.2, 0.25) is 0 Å². The van der Waals surface area contributed by atoms with E-state index in [0.29, 0.717) is 38.4 Å². The number of hydrogen-bond acceptors (Lipinski definition) is 6. The van der Waals surface area contributed by atoms with E-state index in [1.807, 2.05) is 0 Å². The normalized spacial score (nSPS) is 10.4. The summed E-state index contributed by atoms with van der Waals surface area (Å²) < 4.78 is 20.5. The maximum Gasteiger partial charge on any atom is 0.333 e. The first-order valence-electron chi connectivity index (χ1n) is 8.71. The Hall–Kier alpha value is -1.40. The van der Waals surface area contributed by atoms with Crippen molar-refractivity contribution in [3.05, 3.63) is 12.2 Å². The van der Waals surface area contributed by atoms with Gasteiger partial charge in [0.15, 0.2) is 0 Å². The van der Waals surface area contributed by atoms with E-state index in [9.17, 15) is 9.59 Å². The first-order valence-corrected chi connectivity index (χ1v) is 8.71. The monoisotopic (exact) mass is 344 g/mol. The Labute approximate surface area is 145 Å². The van der Waals surface area contributed by atoms with Crippen LogP contribution in [-0.2, 0) is 28.5 Å². The third kappa shape index (κ3) is 15.5. The van der Waals surface area contributed by atoms with Crippen molar-refractivity contribution in [2.24, 2.45) is 0 Å². The molecular weight excluding hydrogens is 312 g/mol. The summed E-state index contributed by atoms with van der Waals surface area (Å²) in [5, 5.41) is 0. The molecule has 0 atom stereocenters. The zero-order chi connectivity index (χ0) is 18.0. The smallest absolute Gasteiger partial charge is 0.333 e. The van der Waals surface area contributed by atoms with E-state index in [0.717, 1.165) is 12.8 Å². The maximum atomic E-state index is 11.4. The number of esters is 2. The van der Waals surface area contributed by atoms with Crippen molar-refractivity contribution in [2.75, 3.05) is 39.6 Å². The molecule has 0 aliphatic carbocycles. The van der Waals surface area contributed by atoms with Crippen LogP contribution in [0.4, 0.5) is 0 Å². The van der Waals surface area contributed by atoms with Crippen molar-refractivity contribution in [2.45, 2.75) is 52.4 Å². The molecule has 0 heterocycles. The zero-order valence-electron chi connectivity index (χ0n) is 15.1. The number of rotatable bonds is 16. The van der Waals surface area contributed by atoms with E-state index in [2.05, 4.69) is 13.5 Å². The molecule has 6 nitrogen and oxygen atoms in total. The summed E-state index contributed by atoms with van der Waals surface area (Å²) in [5.74, 6) is -0.576. The Balaban J connectivity index is 3.23. The van der Waals surface area contributed by atoms with Crippen molar-refractivity contribution < 1.29 is 28.5 Å². The summed E-state index contributed by atoms with van der Waals surface area (Å²) in [4.78, 5) is 22.5. The molecule has 24 heavy (non-hydrogen) atoms. The fourth-order valence-corrected chi connectivity index (χ4v) is 1.80. The molecule has 0 rings (SSSR count). The standard InChI is InChI=1S/C18H32O6/c1-4-5-6-7-8-9-17(19)23-14-12-21-10-11-22-13-15-24-18(20)16(2)3/h2,4-15H2,1,3H3. The van der Waals surface area contributed by atoms with Gasteiger partial charge in [0.05, 0.1) is 26.4 Å². The number of ether oxygens (including phenoxy) is 4. The molecule has 0 aromatic carbocycles. The lowest BCUT2D eigenvalue weighted by atomic mass is 10.1. The summed E-state index contributed by atoms with van der Waals surface area (Å²) in [6.45, 7) is 9.18. The van der Waals surface area contributed by atoms with Gasteiger partial charge in [-0.2, -0.15) is 0 Å². The summed E-state index contributed by atoms with van der Waals surface area (Å²) in [6.07, 6.45) is 6.06. The van der Waals surface area contributed by atoms with Crippen LogP contribution in [0.5, 0.6) is 0 Å². The molecule has 0 aliphatic rings. The van der Waals surface area contributed by atoms with Gasteiger partial charge in [0.1, 0.15) is 13.2 Å². The van der Waals surface area contributed by atoms with E-state index in [4.69, 9.17) is 18.9 Å². The SMILES string of the molecule is C=C(C)C(=O)OCCOCCOCCOC(=O)CCCCCCC. The predicted octanol–water partition coefficient (Wildman–Crippen LogP) is 3.04. The largest absolute Gasteiger partial charge is 0.463 e. The van der Waals surface area contributed by atoms with Gasteiger partial charge in [0, 0.05) is 12.0 Å². The molecule has 0 aliphatic heterocycles. The average Bonchev–Trinajstić information content (AvgIpc) is 2.56. The van der Waals surface area contributed by atoms with Crippen LogP contribution in [0.1, 0.15) is 52.4 Å². The summed E-state index contributed by atoms with van der Waals surface area (Å²) in [5.41, 5.74) is 0.369. The first kappa shape index (κ1) is 22.6. The van der Waals surface area contributed by atoms with Crippen LogP contribution >= 0.6 is 0 Å². The molecule has 140 valence electrons. The number of carbonyl (C=O) groups is 2. The van der Waals surface area contributed by atoms with Crippen LogP contribution in [0.15, 0.2) is 12.2 Å². The minimum absolute atomic E-state index is 0.161. The number of carbonyl (C=O) groups excluding carboxylic acids is 2. The van der Waals surface area contributed by atoms with Gasteiger partial charge < -0.3 is 18.9 Å². The zero-order valence-corrected chi connectivity index (χ0v) is 15.1. The molecule has 0 radical (unpaired) electrons. The van der Waals surface area contributed by atoms with Crippen LogP contribution < -0.4 is 0 Å². The first-order chi connectivity index (χ1) is 11.6. The highest BCUT2D eigenvalue weighted by molar-refractivity contribution is 5.86. The van der Waals surface area contributed by atoms with Crippen molar-refractivity contribution in [3.63, 3.8) is 0 Å². The molecule has 0 N–H and O–H groups in total. The Kier molecular flexibility index (Phi) is 15.5.